The fourth-order valence-electron chi connectivity index (χ4n) is 1.15. The summed E-state index contributed by atoms with van der Waals surface area (Å²) in [7, 11) is 3.32. The van der Waals surface area contributed by atoms with Gasteiger partial charge in [0.2, 0.25) is 0 Å². The first kappa shape index (κ1) is 8.18. The molecular formula is C9H14O2. The zero-order chi connectivity index (χ0) is 8.27. The van der Waals surface area contributed by atoms with E-state index in [4.69, 9.17) is 9.47 Å². The van der Waals surface area contributed by atoms with Crippen molar-refractivity contribution in [3.8, 4) is 0 Å². The third kappa shape index (κ3) is 1.76. The lowest BCUT2D eigenvalue weighted by Crippen LogP contribution is -2.04. The van der Waals surface area contributed by atoms with E-state index in [1.54, 1.807) is 14.2 Å². The van der Waals surface area contributed by atoms with Gasteiger partial charge in [0.25, 0.3) is 0 Å². The Kier molecular flexibility index (Phi) is 2.58. The third-order valence-corrected chi connectivity index (χ3v) is 1.79. The van der Waals surface area contributed by atoms with Gasteiger partial charge < -0.3 is 9.47 Å². The van der Waals surface area contributed by atoms with Gasteiger partial charge in [-0.15, -0.1) is 0 Å². The summed E-state index contributed by atoms with van der Waals surface area (Å²) in [6.45, 7) is 2.15. The second-order valence-electron chi connectivity index (χ2n) is 2.72. The van der Waals surface area contributed by atoms with Crippen molar-refractivity contribution in [1.29, 1.82) is 0 Å². The van der Waals surface area contributed by atoms with E-state index in [0.29, 0.717) is 5.92 Å². The summed E-state index contributed by atoms with van der Waals surface area (Å²) in [6, 6.07) is 0. The summed E-state index contributed by atoms with van der Waals surface area (Å²) < 4.78 is 10.2. The molecule has 0 saturated heterocycles. The maximum Gasteiger partial charge on any atom is 0.156 e. The van der Waals surface area contributed by atoms with Crippen LogP contribution in [-0.4, -0.2) is 14.2 Å². The van der Waals surface area contributed by atoms with E-state index in [1.165, 1.54) is 0 Å². The lowest BCUT2D eigenvalue weighted by molar-refractivity contribution is 0.212. The average Bonchev–Trinajstić information content (AvgIpc) is 2.04. The Bertz CT molecular complexity index is 192. The van der Waals surface area contributed by atoms with Crippen molar-refractivity contribution in [2.45, 2.75) is 13.3 Å². The molecule has 2 heteroatoms. The molecule has 0 fully saturated rings. The Hall–Kier alpha value is -0.920. The molecule has 0 aromatic carbocycles. The van der Waals surface area contributed by atoms with E-state index in [-0.39, 0.29) is 0 Å². The largest absolute Gasteiger partial charge is 0.493 e. The van der Waals surface area contributed by atoms with Crippen LogP contribution in [0.2, 0.25) is 0 Å². The van der Waals surface area contributed by atoms with E-state index in [9.17, 15) is 0 Å². The zero-order valence-corrected chi connectivity index (χ0v) is 7.26. The van der Waals surface area contributed by atoms with Gasteiger partial charge in [0, 0.05) is 0 Å². The Labute approximate surface area is 67.5 Å². The van der Waals surface area contributed by atoms with Gasteiger partial charge in [-0.05, 0) is 24.5 Å². The van der Waals surface area contributed by atoms with Crippen LogP contribution in [0.3, 0.4) is 0 Å². The van der Waals surface area contributed by atoms with Crippen molar-refractivity contribution >= 4 is 0 Å². The van der Waals surface area contributed by atoms with Gasteiger partial charge in [-0.3, -0.25) is 0 Å². The number of ether oxygens (including phenoxy) is 2. The third-order valence-electron chi connectivity index (χ3n) is 1.79. The molecule has 1 aliphatic rings. The van der Waals surface area contributed by atoms with Crippen molar-refractivity contribution in [1.82, 2.24) is 0 Å². The smallest absolute Gasteiger partial charge is 0.156 e. The summed E-state index contributed by atoms with van der Waals surface area (Å²) >= 11 is 0. The van der Waals surface area contributed by atoms with E-state index in [1.807, 2.05) is 0 Å². The van der Waals surface area contributed by atoms with Gasteiger partial charge in [0.15, 0.2) is 11.5 Å². The van der Waals surface area contributed by atoms with Crippen LogP contribution in [0.5, 0.6) is 0 Å². The molecule has 0 unspecified atom stereocenters. The van der Waals surface area contributed by atoms with Gasteiger partial charge in [0.1, 0.15) is 0 Å². The van der Waals surface area contributed by atoms with Crippen LogP contribution in [0, 0.1) is 5.92 Å². The minimum atomic E-state index is 0.559. The molecule has 0 saturated carbocycles. The minimum Gasteiger partial charge on any atom is -0.493 e. The fraction of sp³-hybridized carbons (Fsp3) is 0.556. The van der Waals surface area contributed by atoms with Crippen molar-refractivity contribution in [3.63, 3.8) is 0 Å². The minimum absolute atomic E-state index is 0.559. The van der Waals surface area contributed by atoms with Gasteiger partial charge in [-0.1, -0.05) is 6.92 Å². The number of methoxy groups -OCH3 is 2. The molecule has 0 aliphatic heterocycles. The monoisotopic (exact) mass is 154 g/mol. The highest BCUT2D eigenvalue weighted by atomic mass is 16.5. The lowest BCUT2D eigenvalue weighted by atomic mass is 10.0. The molecule has 1 atom stereocenters. The topological polar surface area (TPSA) is 18.5 Å². The number of rotatable bonds is 2. The summed E-state index contributed by atoms with van der Waals surface area (Å²) in [4.78, 5) is 0. The molecule has 0 spiro atoms. The maximum absolute atomic E-state index is 5.13. The summed E-state index contributed by atoms with van der Waals surface area (Å²) in [5, 5.41) is 0. The Morgan fingerprint density at radius 3 is 2.45 bits per heavy atom. The quantitative estimate of drug-likeness (QED) is 0.606. The Balaban J connectivity index is 2.74. The van der Waals surface area contributed by atoms with E-state index < -0.39 is 0 Å². The van der Waals surface area contributed by atoms with Crippen LogP contribution >= 0.6 is 0 Å². The molecule has 11 heavy (non-hydrogen) atoms. The van der Waals surface area contributed by atoms with Crippen LogP contribution in [0.4, 0.5) is 0 Å². The van der Waals surface area contributed by atoms with Crippen LogP contribution in [0.25, 0.3) is 0 Å². The highest BCUT2D eigenvalue weighted by molar-refractivity contribution is 5.24. The molecule has 1 rings (SSSR count). The second kappa shape index (κ2) is 3.46. The summed E-state index contributed by atoms with van der Waals surface area (Å²) in [5.74, 6) is 2.26. The van der Waals surface area contributed by atoms with Crippen LogP contribution < -0.4 is 0 Å². The predicted molar refractivity (Wildman–Crippen MR) is 44.0 cm³/mol. The van der Waals surface area contributed by atoms with E-state index in [2.05, 4.69) is 19.1 Å². The second-order valence-corrected chi connectivity index (χ2v) is 2.72. The van der Waals surface area contributed by atoms with Gasteiger partial charge in [-0.25, -0.2) is 0 Å². The first-order chi connectivity index (χ1) is 5.27. The molecule has 62 valence electrons. The zero-order valence-electron chi connectivity index (χ0n) is 7.26. The molecule has 0 aromatic heterocycles. The van der Waals surface area contributed by atoms with Gasteiger partial charge in [-0.2, -0.15) is 0 Å². The highest BCUT2D eigenvalue weighted by Gasteiger charge is 2.12. The Morgan fingerprint density at radius 2 is 1.91 bits per heavy atom. The molecular weight excluding hydrogens is 140 g/mol. The average molecular weight is 154 g/mol. The standard InChI is InChI=1S/C9H14O2/c1-7-4-5-8(10-2)9(6-7)11-3/h5-7H,4H2,1-3H3/t7-/m0/s1. The molecule has 2 nitrogen and oxygen atoms in total. The number of allylic oxidation sites excluding steroid dienone is 2. The predicted octanol–water partition coefficient (Wildman–Crippen LogP) is 2.09. The molecule has 0 N–H and O–H groups in total. The van der Waals surface area contributed by atoms with Crippen molar-refractivity contribution in [3.05, 3.63) is 23.7 Å². The first-order valence-corrected chi connectivity index (χ1v) is 3.78. The van der Waals surface area contributed by atoms with Crippen molar-refractivity contribution in [2.75, 3.05) is 14.2 Å². The fourth-order valence-corrected chi connectivity index (χ4v) is 1.15. The number of hydrogen-bond donors (Lipinski definition) is 0. The van der Waals surface area contributed by atoms with E-state index >= 15 is 0 Å². The van der Waals surface area contributed by atoms with Crippen molar-refractivity contribution in [2.24, 2.45) is 5.92 Å². The molecule has 0 amide bonds. The Morgan fingerprint density at radius 1 is 1.27 bits per heavy atom. The molecule has 1 aliphatic carbocycles. The maximum atomic E-state index is 5.13. The molecule has 0 bridgehead atoms. The van der Waals surface area contributed by atoms with Crippen LogP contribution in [0.15, 0.2) is 23.7 Å². The lowest BCUT2D eigenvalue weighted by Gasteiger charge is -2.16. The first-order valence-electron chi connectivity index (χ1n) is 3.78. The van der Waals surface area contributed by atoms with Gasteiger partial charge in [0.05, 0.1) is 14.2 Å². The van der Waals surface area contributed by atoms with E-state index in [0.717, 1.165) is 17.9 Å². The highest BCUT2D eigenvalue weighted by Crippen LogP contribution is 2.22. The van der Waals surface area contributed by atoms with Gasteiger partial charge >= 0.3 is 0 Å². The summed E-state index contributed by atoms with van der Waals surface area (Å²) in [5.41, 5.74) is 0. The number of hydrogen-bond acceptors (Lipinski definition) is 2. The molecule has 0 aromatic rings. The molecule has 0 heterocycles. The summed E-state index contributed by atoms with van der Waals surface area (Å²) in [6.07, 6.45) is 5.18. The molecule has 0 radical (unpaired) electrons. The normalized spacial score (nSPS) is 23.7. The SMILES string of the molecule is COC1=CC[C@H](C)C=C1OC. The van der Waals surface area contributed by atoms with Crippen LogP contribution in [-0.2, 0) is 9.47 Å². The van der Waals surface area contributed by atoms with Crippen LogP contribution in [0.1, 0.15) is 13.3 Å². The van der Waals surface area contributed by atoms with Crippen molar-refractivity contribution < 1.29 is 9.47 Å².